The van der Waals surface area contributed by atoms with Crippen molar-refractivity contribution in [2.45, 2.75) is 51.0 Å². The van der Waals surface area contributed by atoms with Crippen molar-refractivity contribution in [3.05, 3.63) is 0 Å². The second-order valence-electron chi connectivity index (χ2n) is 7.58. The maximum absolute atomic E-state index is 12.6. The van der Waals surface area contributed by atoms with Crippen LogP contribution in [0.15, 0.2) is 4.99 Å². The van der Waals surface area contributed by atoms with Gasteiger partial charge in [0.25, 0.3) is 10.0 Å². The third-order valence-corrected chi connectivity index (χ3v) is 7.25. The van der Waals surface area contributed by atoms with E-state index in [2.05, 4.69) is 29.5 Å². The first kappa shape index (κ1) is 21.3. The van der Waals surface area contributed by atoms with Crippen LogP contribution in [0.3, 0.4) is 0 Å². The molecule has 0 aromatic heterocycles. The molecule has 2 unspecified atom stereocenters. The number of piperidine rings is 1. The van der Waals surface area contributed by atoms with Gasteiger partial charge in [-0.25, -0.2) is 8.42 Å². The monoisotopic (exact) mass is 396 g/mol. The summed E-state index contributed by atoms with van der Waals surface area (Å²) < 4.78 is 54.5. The standard InChI is InChI=1S/C16H30F2N4O3S/c1-16(2)12(9-13(16)25-4)21-15(19-3)20-10-11-5-7-22(8-6-11)26(23,24)14(17)18/h11-14H,5-10H2,1-4H3,(H2,19,20,21). The van der Waals surface area contributed by atoms with Crippen LogP contribution in [-0.2, 0) is 14.8 Å². The molecule has 0 spiro atoms. The van der Waals surface area contributed by atoms with Crippen molar-refractivity contribution in [3.8, 4) is 0 Å². The van der Waals surface area contributed by atoms with Crippen LogP contribution >= 0.6 is 0 Å². The molecule has 1 saturated carbocycles. The van der Waals surface area contributed by atoms with Crippen LogP contribution < -0.4 is 10.6 Å². The van der Waals surface area contributed by atoms with Gasteiger partial charge in [0.15, 0.2) is 5.96 Å². The minimum Gasteiger partial charge on any atom is -0.381 e. The molecule has 1 saturated heterocycles. The van der Waals surface area contributed by atoms with Gasteiger partial charge in [-0.2, -0.15) is 13.1 Å². The third-order valence-electron chi connectivity index (χ3n) is 5.71. The maximum Gasteiger partial charge on any atom is 0.350 e. The van der Waals surface area contributed by atoms with Gasteiger partial charge in [0, 0.05) is 45.2 Å². The summed E-state index contributed by atoms with van der Waals surface area (Å²) >= 11 is 0. The number of nitrogens with one attached hydrogen (secondary N) is 2. The fourth-order valence-corrected chi connectivity index (χ4v) is 4.56. The molecular weight excluding hydrogens is 366 g/mol. The van der Waals surface area contributed by atoms with Crippen molar-refractivity contribution in [1.82, 2.24) is 14.9 Å². The second kappa shape index (κ2) is 8.35. The summed E-state index contributed by atoms with van der Waals surface area (Å²) in [5.74, 6) is -2.43. The number of hydrogen-bond donors (Lipinski definition) is 2. The van der Waals surface area contributed by atoms with Crippen LogP contribution in [0.5, 0.6) is 0 Å². The molecular formula is C16H30F2N4O3S. The van der Waals surface area contributed by atoms with Crippen LogP contribution in [0.4, 0.5) is 8.78 Å². The summed E-state index contributed by atoms with van der Waals surface area (Å²) in [6.45, 7) is 5.19. The Bertz CT molecular complexity index is 605. The molecule has 2 atom stereocenters. The highest BCUT2D eigenvalue weighted by molar-refractivity contribution is 7.89. The lowest BCUT2D eigenvalue weighted by Gasteiger charge is -2.51. The molecule has 2 aliphatic rings. The van der Waals surface area contributed by atoms with Gasteiger partial charge in [-0.15, -0.1) is 0 Å². The van der Waals surface area contributed by atoms with E-state index in [9.17, 15) is 17.2 Å². The first-order valence-electron chi connectivity index (χ1n) is 8.90. The van der Waals surface area contributed by atoms with E-state index in [0.717, 1.165) is 10.7 Å². The molecule has 0 amide bonds. The number of guanidine groups is 1. The van der Waals surface area contributed by atoms with Crippen LogP contribution in [0.2, 0.25) is 0 Å². The average molecular weight is 397 g/mol. The zero-order valence-corrected chi connectivity index (χ0v) is 16.7. The first-order valence-corrected chi connectivity index (χ1v) is 10.4. The Kier molecular flexibility index (Phi) is 6.84. The number of ether oxygens (including phenoxy) is 1. The number of nitrogens with zero attached hydrogens (tertiary/aromatic N) is 2. The molecule has 1 heterocycles. The molecule has 26 heavy (non-hydrogen) atoms. The zero-order chi connectivity index (χ0) is 19.5. The van der Waals surface area contributed by atoms with Gasteiger partial charge in [0.05, 0.1) is 6.10 Å². The maximum atomic E-state index is 12.6. The predicted molar refractivity (Wildman–Crippen MR) is 96.7 cm³/mol. The summed E-state index contributed by atoms with van der Waals surface area (Å²) in [7, 11) is -1.04. The fraction of sp³-hybridized carbons (Fsp3) is 0.938. The van der Waals surface area contributed by atoms with E-state index in [1.54, 1.807) is 14.2 Å². The van der Waals surface area contributed by atoms with Crippen LogP contribution in [0.25, 0.3) is 0 Å². The molecule has 0 radical (unpaired) electrons. The lowest BCUT2D eigenvalue weighted by atomic mass is 9.64. The smallest absolute Gasteiger partial charge is 0.350 e. The normalized spacial score (nSPS) is 28.0. The van der Waals surface area contributed by atoms with E-state index in [4.69, 9.17) is 4.74 Å². The molecule has 1 aliphatic carbocycles. The Morgan fingerprint density at radius 1 is 1.35 bits per heavy atom. The second-order valence-corrected chi connectivity index (χ2v) is 9.48. The highest BCUT2D eigenvalue weighted by Gasteiger charge is 2.49. The van der Waals surface area contributed by atoms with E-state index in [1.807, 2.05) is 0 Å². The van der Waals surface area contributed by atoms with Crippen molar-refractivity contribution >= 4 is 16.0 Å². The van der Waals surface area contributed by atoms with Crippen molar-refractivity contribution in [1.29, 1.82) is 0 Å². The molecule has 2 rings (SSSR count). The predicted octanol–water partition coefficient (Wildman–Crippen LogP) is 1.23. The van der Waals surface area contributed by atoms with Crippen molar-refractivity contribution in [3.63, 3.8) is 0 Å². The molecule has 0 bridgehead atoms. The minimum absolute atomic E-state index is 0.0152. The Labute approximate surface area is 154 Å². The van der Waals surface area contributed by atoms with Gasteiger partial charge in [-0.3, -0.25) is 4.99 Å². The summed E-state index contributed by atoms with van der Waals surface area (Å²) in [4.78, 5) is 4.24. The topological polar surface area (TPSA) is 83.0 Å². The first-order chi connectivity index (χ1) is 12.1. The number of halogens is 2. The van der Waals surface area contributed by atoms with Crippen molar-refractivity contribution < 1.29 is 21.9 Å². The van der Waals surface area contributed by atoms with Gasteiger partial charge in [-0.1, -0.05) is 13.8 Å². The fourth-order valence-electron chi connectivity index (χ4n) is 3.61. The van der Waals surface area contributed by atoms with Crippen LogP contribution in [0.1, 0.15) is 33.1 Å². The number of methoxy groups -OCH3 is 1. The molecule has 1 aliphatic heterocycles. The third kappa shape index (κ3) is 4.45. The lowest BCUT2D eigenvalue weighted by molar-refractivity contribution is -0.0922. The SMILES string of the molecule is CN=C(NCC1CCN(S(=O)(=O)C(F)F)CC1)NC1CC(OC)C1(C)C. The molecule has 152 valence electrons. The molecule has 0 aromatic rings. The molecule has 10 heteroatoms. The number of sulfonamides is 1. The number of rotatable bonds is 6. The molecule has 2 fully saturated rings. The quantitative estimate of drug-likeness (QED) is 0.521. The summed E-state index contributed by atoms with van der Waals surface area (Å²) in [5, 5.41) is 6.67. The van der Waals surface area contributed by atoms with Gasteiger partial charge in [0.1, 0.15) is 0 Å². The van der Waals surface area contributed by atoms with Gasteiger partial charge < -0.3 is 15.4 Å². The van der Waals surface area contributed by atoms with Crippen LogP contribution in [-0.4, -0.2) is 70.4 Å². The minimum atomic E-state index is -4.46. The van der Waals surface area contributed by atoms with Gasteiger partial charge >= 0.3 is 5.76 Å². The van der Waals surface area contributed by atoms with E-state index >= 15 is 0 Å². The molecule has 7 nitrogen and oxygen atoms in total. The van der Waals surface area contributed by atoms with E-state index in [0.29, 0.717) is 25.3 Å². The average Bonchev–Trinajstić information content (AvgIpc) is 2.60. The Balaban J connectivity index is 1.77. The number of alkyl halides is 2. The highest BCUT2D eigenvalue weighted by atomic mass is 32.2. The zero-order valence-electron chi connectivity index (χ0n) is 15.8. The van der Waals surface area contributed by atoms with E-state index in [-0.39, 0.29) is 36.6 Å². The summed E-state index contributed by atoms with van der Waals surface area (Å²) in [5.41, 5.74) is 0.0152. The van der Waals surface area contributed by atoms with Gasteiger partial charge in [-0.05, 0) is 25.2 Å². The Morgan fingerprint density at radius 3 is 2.42 bits per heavy atom. The van der Waals surface area contributed by atoms with Gasteiger partial charge in [0.2, 0.25) is 0 Å². The lowest BCUT2D eigenvalue weighted by Crippen LogP contribution is -2.63. The molecule has 0 aromatic carbocycles. The van der Waals surface area contributed by atoms with Crippen molar-refractivity contribution in [2.24, 2.45) is 16.3 Å². The summed E-state index contributed by atoms with van der Waals surface area (Å²) in [6.07, 6.45) is 2.24. The summed E-state index contributed by atoms with van der Waals surface area (Å²) in [6, 6.07) is 0.261. The van der Waals surface area contributed by atoms with E-state index < -0.39 is 15.8 Å². The number of aliphatic imine (C=N–C) groups is 1. The van der Waals surface area contributed by atoms with E-state index in [1.165, 1.54) is 0 Å². The largest absolute Gasteiger partial charge is 0.381 e. The van der Waals surface area contributed by atoms with Crippen LogP contribution in [0, 0.1) is 11.3 Å². The molecule has 2 N–H and O–H groups in total. The Hall–Kier alpha value is -1.00. The van der Waals surface area contributed by atoms with Crippen molar-refractivity contribution in [2.75, 3.05) is 33.8 Å². The highest BCUT2D eigenvalue weighted by Crippen LogP contribution is 2.42. The Morgan fingerprint density at radius 2 is 1.96 bits per heavy atom. The number of hydrogen-bond acceptors (Lipinski definition) is 4.